The fourth-order valence-electron chi connectivity index (χ4n) is 7.65. The van der Waals surface area contributed by atoms with Crippen LogP contribution >= 0.6 is 0 Å². The lowest BCUT2D eigenvalue weighted by Crippen LogP contribution is -1.98. The number of para-hydroxylation sites is 3. The van der Waals surface area contributed by atoms with Gasteiger partial charge in [-0.25, -0.2) is 4.85 Å². The number of hydrogen-bond donors (Lipinski definition) is 0. The summed E-state index contributed by atoms with van der Waals surface area (Å²) < 4.78 is 10.9. The third kappa shape index (κ3) is 3.85. The molecule has 0 amide bonds. The highest BCUT2D eigenvalue weighted by Crippen LogP contribution is 2.43. The first-order valence-electron chi connectivity index (χ1n) is 16.1. The molecule has 3 heterocycles. The van der Waals surface area contributed by atoms with Crippen LogP contribution in [0, 0.1) is 17.9 Å². The minimum atomic E-state index is 0.582. The van der Waals surface area contributed by atoms with Gasteiger partial charge < -0.3 is 13.6 Å². The fraction of sp³-hybridized carbons (Fsp3) is 0. The lowest BCUT2D eigenvalue weighted by molar-refractivity contribution is 0.669. The van der Waals surface area contributed by atoms with Crippen molar-refractivity contribution in [3.05, 3.63) is 163 Å². The summed E-state index contributed by atoms with van der Waals surface area (Å²) in [5, 5.41) is 16.5. The molecule has 49 heavy (non-hydrogen) atoms. The van der Waals surface area contributed by atoms with E-state index in [0.29, 0.717) is 11.3 Å². The molecule has 10 rings (SSSR count). The van der Waals surface area contributed by atoms with Crippen molar-refractivity contribution in [2.24, 2.45) is 0 Å². The average molecular weight is 625 g/mol. The standard InChI is InChI=1S/C44H24N4O/c1-46-29-17-21-39-36(25-29)32-11-5-7-13-37(32)48(39)40-23-27(26-45)15-18-31(40)28-16-20-38-35(24-28)33-19-22-42-43(34-12-6-8-14-41(34)49-42)44(33)47(38)30-9-3-2-4-10-30/h2-25H. The monoisotopic (exact) mass is 624 g/mol. The maximum absolute atomic E-state index is 10.0. The van der Waals surface area contributed by atoms with Gasteiger partial charge in [-0.2, -0.15) is 5.26 Å². The van der Waals surface area contributed by atoms with E-state index in [4.69, 9.17) is 11.0 Å². The van der Waals surface area contributed by atoms with Gasteiger partial charge in [0.25, 0.3) is 0 Å². The van der Waals surface area contributed by atoms with Gasteiger partial charge in [0.05, 0.1) is 51.3 Å². The SMILES string of the molecule is [C-]#[N+]c1ccc2c(c1)c1ccccc1n2-c1cc(C#N)ccc1-c1ccc2c(c1)c1ccc3oc4ccccc4c3c1n2-c1ccccc1. The molecule has 0 aliphatic heterocycles. The van der Waals surface area contributed by atoms with Crippen molar-refractivity contribution in [2.75, 3.05) is 0 Å². The van der Waals surface area contributed by atoms with Crippen LogP contribution < -0.4 is 0 Å². The van der Waals surface area contributed by atoms with Gasteiger partial charge in [0.1, 0.15) is 11.2 Å². The molecule has 0 aliphatic rings. The average Bonchev–Trinajstić information content (AvgIpc) is 3.82. The van der Waals surface area contributed by atoms with E-state index >= 15 is 0 Å². The van der Waals surface area contributed by atoms with Crippen molar-refractivity contribution in [3.63, 3.8) is 0 Å². The zero-order valence-electron chi connectivity index (χ0n) is 26.1. The van der Waals surface area contributed by atoms with Crippen LogP contribution in [0.1, 0.15) is 5.56 Å². The molecular formula is C44H24N4O. The summed E-state index contributed by atoms with van der Waals surface area (Å²) in [6.45, 7) is 7.63. The summed E-state index contributed by atoms with van der Waals surface area (Å²) in [7, 11) is 0. The van der Waals surface area contributed by atoms with Gasteiger partial charge in [-0.3, -0.25) is 0 Å². The molecule has 3 aromatic heterocycles. The van der Waals surface area contributed by atoms with E-state index in [1.807, 2.05) is 60.7 Å². The first kappa shape index (κ1) is 27.1. The Balaban J connectivity index is 1.30. The van der Waals surface area contributed by atoms with Gasteiger partial charge in [0.2, 0.25) is 0 Å². The predicted molar refractivity (Wildman–Crippen MR) is 199 cm³/mol. The topological polar surface area (TPSA) is 51.1 Å². The Bertz CT molecular complexity index is 3070. The minimum Gasteiger partial charge on any atom is -0.456 e. The highest BCUT2D eigenvalue weighted by molar-refractivity contribution is 6.25. The summed E-state index contributed by atoms with van der Waals surface area (Å²) in [6.07, 6.45) is 0. The number of hydrogen-bond acceptors (Lipinski definition) is 2. The van der Waals surface area contributed by atoms with Crippen molar-refractivity contribution in [1.29, 1.82) is 5.26 Å². The Labute approximate surface area is 280 Å². The molecule has 7 aromatic carbocycles. The second-order valence-electron chi connectivity index (χ2n) is 12.3. The van der Waals surface area contributed by atoms with Crippen LogP contribution in [-0.2, 0) is 0 Å². The quantitative estimate of drug-likeness (QED) is 0.184. The molecule has 5 heteroatoms. The van der Waals surface area contributed by atoms with Crippen molar-refractivity contribution in [1.82, 2.24) is 9.13 Å². The summed E-state index contributed by atoms with van der Waals surface area (Å²) in [5.74, 6) is 0. The molecule has 0 radical (unpaired) electrons. The Morgan fingerprint density at radius 3 is 2.16 bits per heavy atom. The van der Waals surface area contributed by atoms with Crippen molar-refractivity contribution < 1.29 is 4.42 Å². The highest BCUT2D eigenvalue weighted by atomic mass is 16.3. The summed E-state index contributed by atoms with van der Waals surface area (Å²) in [6, 6.07) is 52.0. The van der Waals surface area contributed by atoms with Crippen LogP contribution in [0.3, 0.4) is 0 Å². The number of nitrogens with zero attached hydrogens (tertiary/aromatic N) is 4. The number of furan rings is 1. The molecule has 0 spiro atoms. The molecule has 226 valence electrons. The maximum atomic E-state index is 10.0. The van der Waals surface area contributed by atoms with E-state index in [-0.39, 0.29) is 0 Å². The maximum Gasteiger partial charge on any atom is 0.188 e. The molecule has 0 bridgehead atoms. The third-order valence-corrected chi connectivity index (χ3v) is 9.75. The third-order valence-electron chi connectivity index (χ3n) is 9.75. The lowest BCUT2D eigenvalue weighted by Gasteiger charge is -2.15. The molecule has 0 saturated heterocycles. The fourth-order valence-corrected chi connectivity index (χ4v) is 7.65. The molecular weight excluding hydrogens is 601 g/mol. The summed E-state index contributed by atoms with van der Waals surface area (Å²) in [4.78, 5) is 3.70. The molecule has 0 atom stereocenters. The molecule has 0 saturated carbocycles. The number of rotatable bonds is 3. The van der Waals surface area contributed by atoms with Crippen LogP contribution in [-0.4, -0.2) is 9.13 Å². The van der Waals surface area contributed by atoms with Crippen molar-refractivity contribution in [2.45, 2.75) is 0 Å². The Kier molecular flexibility index (Phi) is 5.64. The Morgan fingerprint density at radius 2 is 1.31 bits per heavy atom. The van der Waals surface area contributed by atoms with E-state index in [1.54, 1.807) is 0 Å². The molecule has 5 nitrogen and oxygen atoms in total. The van der Waals surface area contributed by atoms with Gasteiger partial charge in [-0.15, -0.1) is 0 Å². The van der Waals surface area contributed by atoms with Gasteiger partial charge in [0.15, 0.2) is 5.69 Å². The van der Waals surface area contributed by atoms with Crippen LogP contribution in [0.2, 0.25) is 0 Å². The van der Waals surface area contributed by atoms with Crippen LogP contribution in [0.4, 0.5) is 5.69 Å². The smallest absolute Gasteiger partial charge is 0.188 e. The van der Waals surface area contributed by atoms with E-state index in [9.17, 15) is 5.26 Å². The number of fused-ring (bicyclic) bond motifs is 10. The normalized spacial score (nSPS) is 11.6. The largest absolute Gasteiger partial charge is 0.456 e. The zero-order chi connectivity index (χ0) is 32.6. The van der Waals surface area contributed by atoms with E-state index in [1.165, 1.54) is 0 Å². The first-order chi connectivity index (χ1) is 24.2. The van der Waals surface area contributed by atoms with Crippen molar-refractivity contribution >= 4 is 71.2 Å². The number of nitriles is 1. The molecule has 10 aromatic rings. The molecule has 0 N–H and O–H groups in total. The van der Waals surface area contributed by atoms with Gasteiger partial charge >= 0.3 is 0 Å². The lowest BCUT2D eigenvalue weighted by atomic mass is 9.99. The van der Waals surface area contributed by atoms with Crippen LogP contribution in [0.15, 0.2) is 150 Å². The second kappa shape index (κ2) is 10.2. The van der Waals surface area contributed by atoms with Gasteiger partial charge in [-0.05, 0) is 83.7 Å². The second-order valence-corrected chi connectivity index (χ2v) is 12.3. The van der Waals surface area contributed by atoms with E-state index in [0.717, 1.165) is 88.1 Å². The summed E-state index contributed by atoms with van der Waals surface area (Å²) >= 11 is 0. The van der Waals surface area contributed by atoms with E-state index in [2.05, 4.69) is 105 Å². The first-order valence-corrected chi connectivity index (χ1v) is 16.1. The molecule has 0 aliphatic carbocycles. The Morgan fingerprint density at radius 1 is 0.571 bits per heavy atom. The number of aromatic nitrogens is 2. The summed E-state index contributed by atoms with van der Waals surface area (Å²) in [5.41, 5.74) is 11.2. The van der Waals surface area contributed by atoms with E-state index < -0.39 is 0 Å². The number of benzene rings is 7. The minimum absolute atomic E-state index is 0.582. The van der Waals surface area contributed by atoms with Crippen LogP contribution in [0.25, 0.3) is 92.9 Å². The zero-order valence-corrected chi connectivity index (χ0v) is 26.1. The van der Waals surface area contributed by atoms with Gasteiger partial charge in [-0.1, -0.05) is 72.8 Å². The highest BCUT2D eigenvalue weighted by Gasteiger charge is 2.21. The predicted octanol–water partition coefficient (Wildman–Crippen LogP) is 11.9. The van der Waals surface area contributed by atoms with Gasteiger partial charge in [0, 0.05) is 32.8 Å². The molecule has 0 fully saturated rings. The van der Waals surface area contributed by atoms with Crippen molar-refractivity contribution in [3.8, 4) is 28.6 Å². The molecule has 0 unspecified atom stereocenters. The Hall–Kier alpha value is -7.08. The van der Waals surface area contributed by atoms with Crippen LogP contribution in [0.5, 0.6) is 0 Å².